The summed E-state index contributed by atoms with van der Waals surface area (Å²) in [7, 11) is 1.63. The first kappa shape index (κ1) is 16.8. The molecule has 0 amide bonds. The first-order valence-electron chi connectivity index (χ1n) is 8.04. The van der Waals surface area contributed by atoms with Crippen LogP contribution in [0.15, 0.2) is 59.2 Å². The van der Waals surface area contributed by atoms with Crippen LogP contribution < -0.4 is 9.47 Å². The summed E-state index contributed by atoms with van der Waals surface area (Å²) in [6, 6.07) is 14.6. The van der Waals surface area contributed by atoms with Gasteiger partial charge >= 0.3 is 0 Å². The van der Waals surface area contributed by atoms with Crippen molar-refractivity contribution in [2.75, 3.05) is 7.11 Å². The van der Waals surface area contributed by atoms with Gasteiger partial charge in [0.1, 0.15) is 30.1 Å². The van der Waals surface area contributed by atoms with Gasteiger partial charge in [-0.05, 0) is 48.5 Å². The lowest BCUT2D eigenvalue weighted by atomic mass is 10.1. The number of aromatic nitrogens is 1. The zero-order valence-electron chi connectivity index (χ0n) is 14.2. The Kier molecular flexibility index (Phi) is 5.14. The van der Waals surface area contributed by atoms with Gasteiger partial charge in [-0.2, -0.15) is 0 Å². The summed E-state index contributed by atoms with van der Waals surface area (Å²) < 4.78 is 16.3. The van der Waals surface area contributed by atoms with Crippen molar-refractivity contribution in [2.45, 2.75) is 20.0 Å². The molecule has 1 heterocycles. The van der Waals surface area contributed by atoms with Crippen LogP contribution in [0.4, 0.5) is 0 Å². The van der Waals surface area contributed by atoms with E-state index in [1.54, 1.807) is 37.6 Å². The van der Waals surface area contributed by atoms with Crippen molar-refractivity contribution in [3.8, 4) is 23.0 Å². The smallest absolute Gasteiger partial charge is 0.226 e. The molecule has 0 saturated carbocycles. The third kappa shape index (κ3) is 4.07. The lowest BCUT2D eigenvalue weighted by Crippen LogP contribution is -1.98. The van der Waals surface area contributed by atoms with Crippen LogP contribution in [0.3, 0.4) is 0 Å². The number of hydrogen-bond acceptors (Lipinski definition) is 5. The monoisotopic (exact) mass is 337 g/mol. The zero-order chi connectivity index (χ0) is 17.6. The van der Waals surface area contributed by atoms with Crippen molar-refractivity contribution in [1.82, 2.24) is 4.98 Å². The molecule has 0 N–H and O–H groups in total. The number of ketones is 1. The average molecular weight is 337 g/mol. The van der Waals surface area contributed by atoms with Crippen LogP contribution in [0, 0.1) is 0 Å². The molecule has 0 bridgehead atoms. The normalized spacial score (nSPS) is 10.5. The van der Waals surface area contributed by atoms with Crippen molar-refractivity contribution in [3.63, 3.8) is 0 Å². The van der Waals surface area contributed by atoms with Gasteiger partial charge in [-0.25, -0.2) is 4.98 Å². The number of Topliss-reactive ketones (excluding diaryl/α,β-unsaturated/α-hetero) is 1. The predicted molar refractivity (Wildman–Crippen MR) is 93.9 cm³/mol. The van der Waals surface area contributed by atoms with E-state index in [4.69, 9.17) is 13.9 Å². The van der Waals surface area contributed by atoms with Gasteiger partial charge in [0.15, 0.2) is 5.78 Å². The summed E-state index contributed by atoms with van der Waals surface area (Å²) in [5.74, 6) is 2.11. The fourth-order valence-corrected chi connectivity index (χ4v) is 2.34. The molecule has 0 radical (unpaired) electrons. The van der Waals surface area contributed by atoms with Gasteiger partial charge in [0.2, 0.25) is 5.89 Å². The second-order valence-electron chi connectivity index (χ2n) is 5.46. The molecule has 5 nitrogen and oxygen atoms in total. The highest BCUT2D eigenvalue weighted by atomic mass is 16.5. The van der Waals surface area contributed by atoms with Crippen LogP contribution in [-0.4, -0.2) is 17.9 Å². The average Bonchev–Trinajstić information content (AvgIpc) is 3.15. The first-order chi connectivity index (χ1) is 12.2. The minimum atomic E-state index is 0.118. The van der Waals surface area contributed by atoms with E-state index in [-0.39, 0.29) is 5.78 Å². The maximum atomic E-state index is 11.6. The Hall–Kier alpha value is -3.08. The number of rotatable bonds is 7. The topological polar surface area (TPSA) is 61.6 Å². The van der Waals surface area contributed by atoms with E-state index in [0.29, 0.717) is 35.9 Å². The largest absolute Gasteiger partial charge is 0.497 e. The summed E-state index contributed by atoms with van der Waals surface area (Å²) in [5, 5.41) is 0. The number of ether oxygens (including phenoxy) is 2. The lowest BCUT2D eigenvalue weighted by Gasteiger charge is -2.04. The number of nitrogens with zero attached hydrogens (tertiary/aromatic N) is 1. The minimum absolute atomic E-state index is 0.118. The Labute approximate surface area is 146 Å². The molecule has 0 unspecified atom stereocenters. The van der Waals surface area contributed by atoms with Crippen LogP contribution in [-0.2, 0) is 6.61 Å². The quantitative estimate of drug-likeness (QED) is 0.593. The molecule has 1 aromatic heterocycles. The molecule has 3 rings (SSSR count). The standard InChI is InChI=1S/C20H19NO4/c1-3-19(22)14-4-10-18(11-5-14)24-12-16-13-25-20(21-16)15-6-8-17(23-2)9-7-15/h4-11,13H,3,12H2,1-2H3. The van der Waals surface area contributed by atoms with Crippen LogP contribution >= 0.6 is 0 Å². The Morgan fingerprint density at radius 2 is 1.72 bits per heavy atom. The first-order valence-corrected chi connectivity index (χ1v) is 8.04. The van der Waals surface area contributed by atoms with Gasteiger partial charge in [-0.3, -0.25) is 4.79 Å². The molecule has 0 fully saturated rings. The number of hydrogen-bond donors (Lipinski definition) is 0. The van der Waals surface area contributed by atoms with Crippen molar-refractivity contribution in [1.29, 1.82) is 0 Å². The number of methoxy groups -OCH3 is 1. The molecule has 0 spiro atoms. The predicted octanol–water partition coefficient (Wildman–Crippen LogP) is 4.52. The molecule has 25 heavy (non-hydrogen) atoms. The fourth-order valence-electron chi connectivity index (χ4n) is 2.34. The van der Waals surface area contributed by atoms with Gasteiger partial charge in [-0.1, -0.05) is 6.92 Å². The molecule has 5 heteroatoms. The fraction of sp³-hybridized carbons (Fsp3) is 0.200. The molecule has 0 saturated heterocycles. The number of carbonyl (C=O) groups is 1. The van der Waals surface area contributed by atoms with E-state index in [1.807, 2.05) is 31.2 Å². The summed E-state index contributed by atoms with van der Waals surface area (Å²) in [4.78, 5) is 16.0. The molecular formula is C20H19NO4. The maximum absolute atomic E-state index is 11.6. The molecule has 0 aliphatic heterocycles. The van der Waals surface area contributed by atoms with Gasteiger partial charge in [0, 0.05) is 17.5 Å². The third-order valence-corrected chi connectivity index (χ3v) is 3.77. The molecule has 0 atom stereocenters. The Morgan fingerprint density at radius 3 is 2.36 bits per heavy atom. The number of benzene rings is 2. The van der Waals surface area contributed by atoms with Crippen molar-refractivity contribution < 1.29 is 18.7 Å². The molecule has 2 aromatic carbocycles. The van der Waals surface area contributed by atoms with Gasteiger partial charge < -0.3 is 13.9 Å². The SMILES string of the molecule is CCC(=O)c1ccc(OCc2coc(-c3ccc(OC)cc3)n2)cc1. The van der Waals surface area contributed by atoms with Gasteiger partial charge in [0.05, 0.1) is 7.11 Å². The molecule has 0 aliphatic rings. The highest BCUT2D eigenvalue weighted by Crippen LogP contribution is 2.22. The number of carbonyl (C=O) groups excluding carboxylic acids is 1. The van der Waals surface area contributed by atoms with Crippen LogP contribution in [0.1, 0.15) is 29.4 Å². The second-order valence-corrected chi connectivity index (χ2v) is 5.46. The van der Waals surface area contributed by atoms with E-state index >= 15 is 0 Å². The van der Waals surface area contributed by atoms with E-state index in [0.717, 1.165) is 11.3 Å². The van der Waals surface area contributed by atoms with Crippen molar-refractivity contribution >= 4 is 5.78 Å². The summed E-state index contributed by atoms with van der Waals surface area (Å²) >= 11 is 0. The van der Waals surface area contributed by atoms with Gasteiger partial charge in [-0.15, -0.1) is 0 Å². The number of oxazole rings is 1. The molecule has 3 aromatic rings. The van der Waals surface area contributed by atoms with E-state index in [2.05, 4.69) is 4.98 Å². The molecule has 0 aliphatic carbocycles. The van der Waals surface area contributed by atoms with Gasteiger partial charge in [0.25, 0.3) is 0 Å². The Balaban J connectivity index is 1.62. The van der Waals surface area contributed by atoms with Crippen molar-refractivity contribution in [3.05, 3.63) is 66.1 Å². The summed E-state index contributed by atoms with van der Waals surface area (Å²) in [5.41, 5.74) is 2.26. The second kappa shape index (κ2) is 7.66. The third-order valence-electron chi connectivity index (χ3n) is 3.77. The molecule has 128 valence electrons. The summed E-state index contributed by atoms with van der Waals surface area (Å²) in [6.45, 7) is 2.14. The minimum Gasteiger partial charge on any atom is -0.497 e. The van der Waals surface area contributed by atoms with E-state index in [9.17, 15) is 4.79 Å². The Bertz CT molecular complexity index is 835. The highest BCUT2D eigenvalue weighted by Gasteiger charge is 2.08. The van der Waals surface area contributed by atoms with Crippen molar-refractivity contribution in [2.24, 2.45) is 0 Å². The zero-order valence-corrected chi connectivity index (χ0v) is 14.2. The van der Waals surface area contributed by atoms with Crippen LogP contribution in [0.5, 0.6) is 11.5 Å². The lowest BCUT2D eigenvalue weighted by molar-refractivity contribution is 0.0988. The maximum Gasteiger partial charge on any atom is 0.226 e. The van der Waals surface area contributed by atoms with Crippen LogP contribution in [0.25, 0.3) is 11.5 Å². The van der Waals surface area contributed by atoms with E-state index < -0.39 is 0 Å². The molecular weight excluding hydrogens is 318 g/mol. The summed E-state index contributed by atoms with van der Waals surface area (Å²) in [6.07, 6.45) is 2.07. The van der Waals surface area contributed by atoms with Crippen LogP contribution in [0.2, 0.25) is 0 Å². The van der Waals surface area contributed by atoms with E-state index in [1.165, 1.54) is 0 Å². The highest BCUT2D eigenvalue weighted by molar-refractivity contribution is 5.95. The Morgan fingerprint density at radius 1 is 1.04 bits per heavy atom.